The predicted molar refractivity (Wildman–Crippen MR) is 149 cm³/mol. The molecule has 0 spiro atoms. The molecule has 4 aromatic rings. The van der Waals surface area contributed by atoms with Crippen molar-refractivity contribution in [1.82, 2.24) is 14.8 Å². The fourth-order valence-corrected chi connectivity index (χ4v) is 6.13. The molecule has 0 aliphatic carbocycles. The van der Waals surface area contributed by atoms with Crippen LogP contribution in [0.3, 0.4) is 0 Å². The topological polar surface area (TPSA) is 107 Å². The average Bonchev–Trinajstić information content (AvgIpc) is 3.52. The maximum absolute atomic E-state index is 12.9. The normalized spacial score (nSPS) is 22.5. The zero-order valence-corrected chi connectivity index (χ0v) is 22.8. The van der Waals surface area contributed by atoms with Crippen LogP contribution in [0.4, 0.5) is 5.69 Å². The number of nitrogens with zero attached hydrogens (tertiary/aromatic N) is 4. The number of amides is 2. The molecule has 3 aromatic carbocycles. The van der Waals surface area contributed by atoms with Gasteiger partial charge in [0.1, 0.15) is 6.33 Å². The molecule has 6 rings (SSSR count). The molecule has 2 aliphatic rings. The number of benzene rings is 3. The average molecular weight is 557 g/mol. The number of aliphatic hydroxyl groups is 1. The van der Waals surface area contributed by atoms with Crippen LogP contribution in [0.2, 0.25) is 0 Å². The minimum atomic E-state index is -0.667. The van der Waals surface area contributed by atoms with E-state index < -0.39 is 6.29 Å². The van der Waals surface area contributed by atoms with E-state index in [0.717, 1.165) is 21.8 Å². The largest absolute Gasteiger partial charge is 0.392 e. The van der Waals surface area contributed by atoms with E-state index >= 15 is 0 Å². The molecule has 0 unspecified atom stereocenters. The van der Waals surface area contributed by atoms with Crippen LogP contribution in [-0.2, 0) is 23.1 Å². The van der Waals surface area contributed by atoms with Crippen LogP contribution in [0, 0.1) is 5.92 Å². The van der Waals surface area contributed by atoms with Gasteiger partial charge in [0.05, 0.1) is 35.6 Å². The molecule has 0 bridgehead atoms. The van der Waals surface area contributed by atoms with E-state index in [-0.39, 0.29) is 36.5 Å². The van der Waals surface area contributed by atoms with Crippen LogP contribution in [0.25, 0.3) is 0 Å². The number of fused-ring (bicyclic) bond motifs is 1. The Bertz CT molecular complexity index is 1500. The first-order chi connectivity index (χ1) is 19.4. The van der Waals surface area contributed by atoms with Gasteiger partial charge in [0, 0.05) is 24.3 Å². The van der Waals surface area contributed by atoms with Crippen LogP contribution in [0.5, 0.6) is 0 Å². The van der Waals surface area contributed by atoms with Crippen molar-refractivity contribution in [3.63, 3.8) is 0 Å². The molecular formula is C30H28N4O5S. The maximum Gasteiger partial charge on any atom is 0.266 e. The van der Waals surface area contributed by atoms with E-state index in [1.165, 1.54) is 4.90 Å². The van der Waals surface area contributed by atoms with Gasteiger partial charge >= 0.3 is 0 Å². The van der Waals surface area contributed by atoms with E-state index in [4.69, 9.17) is 9.47 Å². The smallest absolute Gasteiger partial charge is 0.266 e. The molecule has 0 radical (unpaired) electrons. The second-order valence-corrected chi connectivity index (χ2v) is 10.9. The molecule has 10 heteroatoms. The summed E-state index contributed by atoms with van der Waals surface area (Å²) >= 11 is 1.57. The second kappa shape index (κ2) is 11.0. The zero-order valence-electron chi connectivity index (χ0n) is 22.0. The minimum Gasteiger partial charge on any atom is -0.392 e. The summed E-state index contributed by atoms with van der Waals surface area (Å²) in [7, 11) is 1.90. The predicted octanol–water partition coefficient (Wildman–Crippen LogP) is 4.69. The number of ether oxygens (including phenoxy) is 2. The highest BCUT2D eigenvalue weighted by atomic mass is 32.2. The SMILES string of the molecule is C[C@@H]1[C@H](CSc2nncn2C)O[C@H](c2ccc(N3C(=O)c4ccccc4C3=O)cc2)O[C@@H]1c1ccc(CO)cc1. The van der Waals surface area contributed by atoms with Gasteiger partial charge in [-0.25, -0.2) is 4.90 Å². The molecule has 9 nitrogen and oxygen atoms in total. The summed E-state index contributed by atoms with van der Waals surface area (Å²) in [5.74, 6) is 0.0000859. The van der Waals surface area contributed by atoms with Crippen LogP contribution < -0.4 is 4.90 Å². The molecular weight excluding hydrogens is 528 g/mol. The Hall–Kier alpha value is -3.83. The van der Waals surface area contributed by atoms with Crippen LogP contribution in [0.15, 0.2) is 84.3 Å². The van der Waals surface area contributed by atoms with E-state index in [9.17, 15) is 14.7 Å². The Morgan fingerprint density at radius 2 is 1.55 bits per heavy atom. The Morgan fingerprint density at radius 1 is 0.900 bits per heavy atom. The van der Waals surface area contributed by atoms with Crippen molar-refractivity contribution < 1.29 is 24.2 Å². The van der Waals surface area contributed by atoms with Gasteiger partial charge in [0.25, 0.3) is 11.8 Å². The van der Waals surface area contributed by atoms with Crippen molar-refractivity contribution in [2.45, 2.75) is 37.2 Å². The maximum atomic E-state index is 12.9. The van der Waals surface area contributed by atoms with E-state index in [2.05, 4.69) is 17.1 Å². The lowest BCUT2D eigenvalue weighted by Gasteiger charge is -2.41. The second-order valence-electron chi connectivity index (χ2n) is 9.94. The van der Waals surface area contributed by atoms with Crippen molar-refractivity contribution in [3.8, 4) is 0 Å². The molecule has 40 heavy (non-hydrogen) atoms. The van der Waals surface area contributed by atoms with Gasteiger partial charge in [-0.05, 0) is 35.4 Å². The third kappa shape index (κ3) is 4.84. The highest BCUT2D eigenvalue weighted by Gasteiger charge is 2.39. The van der Waals surface area contributed by atoms with E-state index in [1.807, 2.05) is 48.0 Å². The summed E-state index contributed by atoms with van der Waals surface area (Å²) in [4.78, 5) is 27.1. The van der Waals surface area contributed by atoms with Gasteiger partial charge in [0.15, 0.2) is 11.4 Å². The molecule has 1 saturated heterocycles. The molecule has 1 aromatic heterocycles. The summed E-state index contributed by atoms with van der Waals surface area (Å²) in [5.41, 5.74) is 3.90. The number of carbonyl (C=O) groups is 2. The molecule has 2 amide bonds. The number of hydrogen-bond donors (Lipinski definition) is 1. The Morgan fingerprint density at radius 3 is 2.15 bits per heavy atom. The Balaban J connectivity index is 1.26. The first kappa shape index (κ1) is 26.4. The number of anilines is 1. The molecule has 0 saturated carbocycles. The van der Waals surface area contributed by atoms with Crippen LogP contribution in [0.1, 0.15) is 56.7 Å². The van der Waals surface area contributed by atoms with Crippen molar-refractivity contribution in [3.05, 3.63) is 107 Å². The highest BCUT2D eigenvalue weighted by Crippen LogP contribution is 2.43. The molecule has 204 valence electrons. The Labute approximate surface area is 235 Å². The fraction of sp³-hybridized carbons (Fsp3) is 0.267. The lowest BCUT2D eigenvalue weighted by molar-refractivity contribution is -0.268. The highest BCUT2D eigenvalue weighted by molar-refractivity contribution is 7.99. The molecule has 3 heterocycles. The summed E-state index contributed by atoms with van der Waals surface area (Å²) in [5, 5.41) is 18.4. The van der Waals surface area contributed by atoms with Crippen LogP contribution in [-0.4, -0.2) is 43.5 Å². The van der Waals surface area contributed by atoms with Gasteiger partial charge in [-0.2, -0.15) is 0 Å². The van der Waals surface area contributed by atoms with Crippen molar-refractivity contribution in [2.24, 2.45) is 13.0 Å². The first-order valence-electron chi connectivity index (χ1n) is 13.0. The van der Waals surface area contributed by atoms with Crippen molar-refractivity contribution in [1.29, 1.82) is 0 Å². The van der Waals surface area contributed by atoms with Gasteiger partial charge in [-0.1, -0.05) is 67.2 Å². The number of rotatable bonds is 7. The molecule has 4 atom stereocenters. The number of hydrogen-bond acceptors (Lipinski definition) is 8. The number of aryl methyl sites for hydroxylation is 1. The lowest BCUT2D eigenvalue weighted by atomic mass is 9.91. The Kier molecular flexibility index (Phi) is 7.24. The summed E-state index contributed by atoms with van der Waals surface area (Å²) in [6.07, 6.45) is 0.576. The zero-order chi connectivity index (χ0) is 27.8. The third-order valence-electron chi connectivity index (χ3n) is 7.39. The van der Waals surface area contributed by atoms with Gasteiger partial charge in [-0.15, -0.1) is 10.2 Å². The van der Waals surface area contributed by atoms with Crippen molar-refractivity contribution >= 4 is 29.3 Å². The minimum absolute atomic E-state index is 0.0228. The number of aromatic nitrogens is 3. The quantitative estimate of drug-likeness (QED) is 0.258. The third-order valence-corrected chi connectivity index (χ3v) is 8.51. The number of imide groups is 1. The number of carbonyl (C=O) groups excluding carboxylic acids is 2. The number of aliphatic hydroxyl groups excluding tert-OH is 1. The monoisotopic (exact) mass is 556 g/mol. The summed E-state index contributed by atoms with van der Waals surface area (Å²) < 4.78 is 14.9. The summed E-state index contributed by atoms with van der Waals surface area (Å²) in [6.45, 7) is 2.08. The summed E-state index contributed by atoms with van der Waals surface area (Å²) in [6, 6.07) is 21.8. The van der Waals surface area contributed by atoms with Gasteiger partial charge in [0.2, 0.25) is 0 Å². The fourth-order valence-electron chi connectivity index (χ4n) is 5.07. The molecule has 1 fully saturated rings. The van der Waals surface area contributed by atoms with Gasteiger partial charge in [-0.3, -0.25) is 9.59 Å². The van der Waals surface area contributed by atoms with Crippen molar-refractivity contribution in [2.75, 3.05) is 10.7 Å². The first-order valence-corrected chi connectivity index (χ1v) is 14.0. The van der Waals surface area contributed by atoms with Gasteiger partial charge < -0.3 is 19.1 Å². The van der Waals surface area contributed by atoms with E-state index in [1.54, 1.807) is 54.5 Å². The standard InChI is InChI=1S/C30H28N4O5S/c1-18-25(16-40-30-32-31-17-33(30)2)38-29(39-26(18)20-9-7-19(15-35)8-10-20)21-11-13-22(14-12-21)34-27(36)23-5-3-4-6-24(23)28(34)37/h3-14,17-18,25-26,29,35H,15-16H2,1-2H3/t18-,25+,26+,29+/m1/s1. The molecule has 2 aliphatic heterocycles. The lowest BCUT2D eigenvalue weighted by Crippen LogP contribution is -2.38. The molecule has 1 N–H and O–H groups in total. The number of thioether (sulfide) groups is 1. The van der Waals surface area contributed by atoms with Crippen LogP contribution >= 0.6 is 11.8 Å². The van der Waals surface area contributed by atoms with E-state index in [0.29, 0.717) is 22.6 Å².